The smallest absolute Gasteiger partial charge is 0.319 e. The molecule has 0 bridgehead atoms. The number of carboxylic acids is 2. The summed E-state index contributed by atoms with van der Waals surface area (Å²) in [5.74, 6) is -4.39. The van der Waals surface area contributed by atoms with Gasteiger partial charge in [0.2, 0.25) is 0 Å². The molecule has 7 heteroatoms. The van der Waals surface area contributed by atoms with Crippen LogP contribution in [0.15, 0.2) is 0 Å². The van der Waals surface area contributed by atoms with E-state index in [2.05, 4.69) is 0 Å². The number of carboxylic acid groups (broad SMARTS) is 2. The molecule has 0 unspecified atom stereocenters. The van der Waals surface area contributed by atoms with E-state index in [-0.39, 0.29) is 32.8 Å². The van der Waals surface area contributed by atoms with Crippen molar-refractivity contribution in [2.24, 2.45) is 5.92 Å². The van der Waals surface area contributed by atoms with Crippen LogP contribution in [0.1, 0.15) is 0 Å². The lowest BCUT2D eigenvalue weighted by atomic mass is 10.1. The van der Waals surface area contributed by atoms with Crippen molar-refractivity contribution < 1.29 is 30.0 Å². The van der Waals surface area contributed by atoms with Crippen molar-refractivity contribution >= 4 is 11.9 Å². The van der Waals surface area contributed by atoms with Crippen molar-refractivity contribution in [1.29, 1.82) is 0 Å². The molecule has 0 aliphatic rings. The molecule has 0 saturated heterocycles. The molecular weight excluding hydrogens is 206 g/mol. The van der Waals surface area contributed by atoms with Crippen LogP contribution in [-0.2, 0) is 9.59 Å². The number of hydrogen-bond acceptors (Lipinski definition) is 5. The first-order valence-corrected chi connectivity index (χ1v) is 4.42. The van der Waals surface area contributed by atoms with Gasteiger partial charge in [0.1, 0.15) is 0 Å². The summed E-state index contributed by atoms with van der Waals surface area (Å²) in [6, 6.07) is 0. The molecule has 0 rings (SSSR count). The van der Waals surface area contributed by atoms with E-state index >= 15 is 0 Å². The Labute approximate surface area is 86.6 Å². The molecule has 4 N–H and O–H groups in total. The van der Waals surface area contributed by atoms with Crippen LogP contribution in [0.3, 0.4) is 0 Å². The fourth-order valence-electron chi connectivity index (χ4n) is 1.10. The van der Waals surface area contributed by atoms with Crippen LogP contribution in [0.4, 0.5) is 0 Å². The van der Waals surface area contributed by atoms with Crippen LogP contribution < -0.4 is 0 Å². The minimum atomic E-state index is -1.54. The van der Waals surface area contributed by atoms with Gasteiger partial charge in [-0.1, -0.05) is 0 Å². The van der Waals surface area contributed by atoms with Gasteiger partial charge in [0.05, 0.1) is 13.2 Å². The van der Waals surface area contributed by atoms with E-state index in [0.717, 1.165) is 0 Å². The molecule has 88 valence electrons. The highest BCUT2D eigenvalue weighted by molar-refractivity contribution is 5.93. The fraction of sp³-hybridized carbons (Fsp3) is 0.750. The summed E-state index contributed by atoms with van der Waals surface area (Å²) in [6.45, 7) is -0.390. The van der Waals surface area contributed by atoms with Crippen LogP contribution in [0.5, 0.6) is 0 Å². The van der Waals surface area contributed by atoms with Gasteiger partial charge in [0, 0.05) is 19.6 Å². The maximum Gasteiger partial charge on any atom is 0.319 e. The van der Waals surface area contributed by atoms with Gasteiger partial charge < -0.3 is 20.4 Å². The van der Waals surface area contributed by atoms with E-state index < -0.39 is 17.9 Å². The normalized spacial score (nSPS) is 10.9. The molecule has 0 fully saturated rings. The summed E-state index contributed by atoms with van der Waals surface area (Å²) in [7, 11) is 0. The molecule has 0 aliphatic carbocycles. The van der Waals surface area contributed by atoms with Gasteiger partial charge in [-0.2, -0.15) is 0 Å². The minimum Gasteiger partial charge on any atom is -0.481 e. The van der Waals surface area contributed by atoms with E-state index in [1.54, 1.807) is 0 Å². The Morgan fingerprint density at radius 2 is 1.40 bits per heavy atom. The lowest BCUT2D eigenvalue weighted by molar-refractivity contribution is -0.155. The predicted molar refractivity (Wildman–Crippen MR) is 49.4 cm³/mol. The van der Waals surface area contributed by atoms with Crippen LogP contribution in [0.25, 0.3) is 0 Å². The average molecular weight is 221 g/mol. The second-order valence-corrected chi connectivity index (χ2v) is 2.98. The van der Waals surface area contributed by atoms with Crippen LogP contribution in [0.2, 0.25) is 0 Å². The van der Waals surface area contributed by atoms with E-state index in [4.69, 9.17) is 20.4 Å². The molecule has 0 heterocycles. The van der Waals surface area contributed by atoms with Crippen molar-refractivity contribution in [3.63, 3.8) is 0 Å². The summed E-state index contributed by atoms with van der Waals surface area (Å²) in [4.78, 5) is 22.5. The zero-order chi connectivity index (χ0) is 11.8. The number of aliphatic hydroxyl groups excluding tert-OH is 2. The van der Waals surface area contributed by atoms with Crippen molar-refractivity contribution in [3.8, 4) is 0 Å². The maximum atomic E-state index is 10.6. The Hall–Kier alpha value is -1.18. The van der Waals surface area contributed by atoms with Gasteiger partial charge in [-0.25, -0.2) is 0 Å². The third kappa shape index (κ3) is 5.31. The molecule has 0 atom stereocenters. The van der Waals surface area contributed by atoms with E-state index in [1.807, 2.05) is 0 Å². The molecule has 0 aliphatic heterocycles. The van der Waals surface area contributed by atoms with Gasteiger partial charge in [-0.05, 0) is 0 Å². The first-order valence-electron chi connectivity index (χ1n) is 4.42. The summed E-state index contributed by atoms with van der Waals surface area (Å²) in [5.41, 5.74) is 0. The highest BCUT2D eigenvalue weighted by Crippen LogP contribution is 2.01. The summed E-state index contributed by atoms with van der Waals surface area (Å²) < 4.78 is 0. The average Bonchev–Trinajstić information content (AvgIpc) is 2.13. The van der Waals surface area contributed by atoms with Gasteiger partial charge in [0.25, 0.3) is 0 Å². The minimum absolute atomic E-state index is 0.137. The summed E-state index contributed by atoms with van der Waals surface area (Å²) in [6.07, 6.45) is 0. The molecule has 0 aromatic carbocycles. The maximum absolute atomic E-state index is 10.6. The number of rotatable bonds is 8. The molecule has 0 saturated carbocycles. The molecule has 0 amide bonds. The third-order valence-corrected chi connectivity index (χ3v) is 1.87. The molecule has 0 aromatic rings. The first kappa shape index (κ1) is 13.8. The Morgan fingerprint density at radius 3 is 1.67 bits per heavy atom. The van der Waals surface area contributed by atoms with Crippen molar-refractivity contribution in [3.05, 3.63) is 0 Å². The van der Waals surface area contributed by atoms with Crippen molar-refractivity contribution in [2.75, 3.05) is 32.8 Å². The van der Waals surface area contributed by atoms with Gasteiger partial charge in [0.15, 0.2) is 5.92 Å². The SMILES string of the molecule is O=C(O)C(CN(CCO)CCO)C(=O)O. The predicted octanol–water partition coefficient (Wildman–Crippen LogP) is -1.94. The zero-order valence-corrected chi connectivity index (χ0v) is 8.17. The Kier molecular flexibility index (Phi) is 6.59. The number of carbonyl (C=O) groups is 2. The van der Waals surface area contributed by atoms with E-state index in [1.165, 1.54) is 4.90 Å². The highest BCUT2D eigenvalue weighted by atomic mass is 16.4. The van der Waals surface area contributed by atoms with Gasteiger partial charge >= 0.3 is 11.9 Å². The molecule has 0 radical (unpaired) electrons. The van der Waals surface area contributed by atoms with Crippen LogP contribution in [-0.4, -0.2) is 70.1 Å². The van der Waals surface area contributed by atoms with Gasteiger partial charge in [-0.3, -0.25) is 14.5 Å². The first-order chi connectivity index (χ1) is 7.02. The van der Waals surface area contributed by atoms with Gasteiger partial charge in [-0.15, -0.1) is 0 Å². The lowest BCUT2D eigenvalue weighted by Gasteiger charge is -2.21. The zero-order valence-electron chi connectivity index (χ0n) is 8.17. The second-order valence-electron chi connectivity index (χ2n) is 2.98. The Bertz CT molecular complexity index is 199. The van der Waals surface area contributed by atoms with E-state index in [9.17, 15) is 9.59 Å². The number of nitrogens with zero attached hydrogens (tertiary/aromatic N) is 1. The molecule has 0 spiro atoms. The largest absolute Gasteiger partial charge is 0.481 e. The lowest BCUT2D eigenvalue weighted by Crippen LogP contribution is -2.40. The monoisotopic (exact) mass is 221 g/mol. The third-order valence-electron chi connectivity index (χ3n) is 1.87. The van der Waals surface area contributed by atoms with Crippen molar-refractivity contribution in [1.82, 2.24) is 4.90 Å². The van der Waals surface area contributed by atoms with Crippen molar-refractivity contribution in [2.45, 2.75) is 0 Å². The number of aliphatic carboxylic acids is 2. The quantitative estimate of drug-likeness (QED) is 0.352. The molecule has 7 nitrogen and oxygen atoms in total. The van der Waals surface area contributed by atoms with Crippen LogP contribution >= 0.6 is 0 Å². The highest BCUT2D eigenvalue weighted by Gasteiger charge is 2.27. The Morgan fingerprint density at radius 1 is 1.00 bits per heavy atom. The summed E-state index contributed by atoms with van der Waals surface area (Å²) in [5, 5.41) is 34.5. The Balaban J connectivity index is 4.32. The van der Waals surface area contributed by atoms with E-state index in [0.29, 0.717) is 0 Å². The summed E-state index contributed by atoms with van der Waals surface area (Å²) >= 11 is 0. The molecule has 15 heavy (non-hydrogen) atoms. The number of hydrogen-bond donors (Lipinski definition) is 4. The fourth-order valence-corrected chi connectivity index (χ4v) is 1.10. The molecular formula is C8H15NO6. The number of aliphatic hydroxyl groups is 2. The topological polar surface area (TPSA) is 118 Å². The standard InChI is InChI=1S/C8H15NO6/c10-3-1-9(2-4-11)5-6(7(12)13)8(14)15/h6,10-11H,1-5H2,(H,12,13)(H,14,15). The second kappa shape index (κ2) is 7.16. The molecule has 0 aromatic heterocycles. The van der Waals surface area contributed by atoms with Crippen LogP contribution in [0, 0.1) is 5.92 Å².